The molecule has 1 radical (unpaired) electrons. The normalized spacial score (nSPS) is 17.5. The van der Waals surface area contributed by atoms with Gasteiger partial charge in [-0.2, -0.15) is 13.2 Å². The van der Waals surface area contributed by atoms with Crippen molar-refractivity contribution in [2.24, 2.45) is 23.7 Å². The molecule has 0 aromatic heterocycles. The SMILES string of the molecule is CC(C)C(C)[CH]CC(C)C(C)CCCCC(F)(F)F. The molecule has 3 unspecified atom stereocenters. The Labute approximate surface area is 117 Å². The molecule has 0 aromatic carbocycles. The second kappa shape index (κ2) is 8.86. The fraction of sp³-hybridized carbons (Fsp3) is 0.938. The summed E-state index contributed by atoms with van der Waals surface area (Å²) in [5, 5.41) is 0. The predicted octanol–water partition coefficient (Wildman–Crippen LogP) is 6.27. The lowest BCUT2D eigenvalue weighted by atomic mass is 9.83. The van der Waals surface area contributed by atoms with E-state index in [0.717, 1.165) is 12.8 Å². The lowest BCUT2D eigenvalue weighted by Gasteiger charge is -2.23. The van der Waals surface area contributed by atoms with Gasteiger partial charge in [-0.1, -0.05) is 47.5 Å². The molecule has 3 atom stereocenters. The van der Waals surface area contributed by atoms with Crippen molar-refractivity contribution in [3.63, 3.8) is 0 Å². The van der Waals surface area contributed by atoms with Crippen molar-refractivity contribution in [2.45, 2.75) is 72.9 Å². The van der Waals surface area contributed by atoms with Gasteiger partial charge in [-0.25, -0.2) is 0 Å². The molecule has 0 spiro atoms. The molecular weight excluding hydrogens is 249 g/mol. The van der Waals surface area contributed by atoms with E-state index in [1.54, 1.807) is 0 Å². The van der Waals surface area contributed by atoms with Gasteiger partial charge in [0, 0.05) is 6.42 Å². The van der Waals surface area contributed by atoms with Crippen LogP contribution in [0.15, 0.2) is 0 Å². The van der Waals surface area contributed by atoms with Crippen LogP contribution >= 0.6 is 0 Å². The standard InChI is InChI=1S/C16H30F3/c1-12(2)13(3)9-10-15(5)14(4)8-6-7-11-16(17,18)19/h9,12-15H,6-8,10-11H2,1-5H3. The quantitative estimate of drug-likeness (QED) is 0.436. The first-order valence-corrected chi connectivity index (χ1v) is 7.53. The highest BCUT2D eigenvalue weighted by molar-refractivity contribution is 4.79. The summed E-state index contributed by atoms with van der Waals surface area (Å²) in [5.41, 5.74) is 0. The summed E-state index contributed by atoms with van der Waals surface area (Å²) in [6.07, 6.45) is 0.667. The van der Waals surface area contributed by atoms with E-state index in [9.17, 15) is 13.2 Å². The Morgan fingerprint density at radius 3 is 1.95 bits per heavy atom. The minimum Gasteiger partial charge on any atom is -0.171 e. The van der Waals surface area contributed by atoms with Crippen LogP contribution in [0.5, 0.6) is 0 Å². The molecule has 0 heterocycles. The number of unbranched alkanes of at least 4 members (excludes halogenated alkanes) is 1. The fourth-order valence-electron chi connectivity index (χ4n) is 2.01. The number of hydrogen-bond donors (Lipinski definition) is 0. The van der Waals surface area contributed by atoms with E-state index in [2.05, 4.69) is 41.0 Å². The molecule has 0 bridgehead atoms. The zero-order valence-electron chi connectivity index (χ0n) is 13.1. The van der Waals surface area contributed by atoms with Crippen LogP contribution in [0.1, 0.15) is 66.7 Å². The Balaban J connectivity index is 3.73. The molecule has 0 aliphatic heterocycles. The summed E-state index contributed by atoms with van der Waals surface area (Å²) >= 11 is 0. The van der Waals surface area contributed by atoms with Gasteiger partial charge in [-0.3, -0.25) is 0 Å². The van der Waals surface area contributed by atoms with Crippen LogP contribution < -0.4 is 0 Å². The second-order valence-corrected chi connectivity index (χ2v) is 6.39. The molecule has 0 saturated heterocycles. The first kappa shape index (κ1) is 18.8. The van der Waals surface area contributed by atoms with Gasteiger partial charge in [0.1, 0.15) is 0 Å². The van der Waals surface area contributed by atoms with Crippen molar-refractivity contribution in [1.82, 2.24) is 0 Å². The summed E-state index contributed by atoms with van der Waals surface area (Å²) in [5.74, 6) is 2.34. The Morgan fingerprint density at radius 1 is 0.895 bits per heavy atom. The third-order valence-electron chi connectivity index (χ3n) is 4.27. The average Bonchev–Trinajstić information content (AvgIpc) is 2.29. The van der Waals surface area contributed by atoms with E-state index in [1.807, 2.05) is 0 Å². The molecule has 0 saturated carbocycles. The maximum absolute atomic E-state index is 12.0. The van der Waals surface area contributed by atoms with Crippen LogP contribution in [0.4, 0.5) is 13.2 Å². The lowest BCUT2D eigenvalue weighted by Crippen LogP contribution is -2.13. The lowest BCUT2D eigenvalue weighted by molar-refractivity contribution is -0.135. The van der Waals surface area contributed by atoms with Crippen molar-refractivity contribution < 1.29 is 13.2 Å². The first-order valence-electron chi connectivity index (χ1n) is 7.53. The molecule has 19 heavy (non-hydrogen) atoms. The Bertz CT molecular complexity index is 221. The summed E-state index contributed by atoms with van der Waals surface area (Å²) < 4.78 is 36.1. The summed E-state index contributed by atoms with van der Waals surface area (Å²) in [4.78, 5) is 0. The number of rotatable bonds is 9. The summed E-state index contributed by atoms with van der Waals surface area (Å²) in [7, 11) is 0. The van der Waals surface area contributed by atoms with Crippen LogP contribution in [0.25, 0.3) is 0 Å². The largest absolute Gasteiger partial charge is 0.389 e. The van der Waals surface area contributed by atoms with E-state index < -0.39 is 12.6 Å². The Kier molecular flexibility index (Phi) is 8.76. The number of alkyl halides is 3. The van der Waals surface area contributed by atoms with Gasteiger partial charge in [-0.15, -0.1) is 0 Å². The number of halogens is 3. The van der Waals surface area contributed by atoms with E-state index in [0.29, 0.717) is 30.1 Å². The third kappa shape index (κ3) is 10.3. The van der Waals surface area contributed by atoms with Crippen LogP contribution in [-0.2, 0) is 0 Å². The van der Waals surface area contributed by atoms with Gasteiger partial charge in [-0.05, 0) is 42.9 Å². The maximum atomic E-state index is 12.0. The third-order valence-corrected chi connectivity index (χ3v) is 4.27. The molecule has 0 aliphatic carbocycles. The maximum Gasteiger partial charge on any atom is 0.389 e. The summed E-state index contributed by atoms with van der Waals surface area (Å²) in [6.45, 7) is 11.0. The highest BCUT2D eigenvalue weighted by atomic mass is 19.4. The van der Waals surface area contributed by atoms with Crippen molar-refractivity contribution in [1.29, 1.82) is 0 Å². The van der Waals surface area contributed by atoms with Crippen molar-refractivity contribution >= 4 is 0 Å². The highest BCUT2D eigenvalue weighted by Gasteiger charge is 2.26. The molecule has 0 aromatic rings. The van der Waals surface area contributed by atoms with Crippen LogP contribution in [0, 0.1) is 30.1 Å². The highest BCUT2D eigenvalue weighted by Crippen LogP contribution is 2.27. The molecule has 0 N–H and O–H groups in total. The van der Waals surface area contributed by atoms with E-state index in [-0.39, 0.29) is 6.42 Å². The molecule has 0 aliphatic rings. The Hall–Kier alpha value is -0.210. The van der Waals surface area contributed by atoms with Gasteiger partial charge in [0.05, 0.1) is 0 Å². The smallest absolute Gasteiger partial charge is 0.171 e. The minimum atomic E-state index is -3.99. The van der Waals surface area contributed by atoms with Gasteiger partial charge >= 0.3 is 6.18 Å². The first-order chi connectivity index (χ1) is 8.63. The van der Waals surface area contributed by atoms with Crippen molar-refractivity contribution in [2.75, 3.05) is 0 Å². The molecular formula is C16H30F3. The molecule has 0 nitrogen and oxygen atoms in total. The minimum absolute atomic E-state index is 0.271. The van der Waals surface area contributed by atoms with E-state index in [4.69, 9.17) is 0 Å². The topological polar surface area (TPSA) is 0 Å². The van der Waals surface area contributed by atoms with Crippen LogP contribution in [0.3, 0.4) is 0 Å². The monoisotopic (exact) mass is 279 g/mol. The summed E-state index contributed by atoms with van der Waals surface area (Å²) in [6, 6.07) is 0. The number of hydrogen-bond acceptors (Lipinski definition) is 0. The van der Waals surface area contributed by atoms with Crippen molar-refractivity contribution in [3.8, 4) is 0 Å². The van der Waals surface area contributed by atoms with Gasteiger partial charge in [0.2, 0.25) is 0 Å². The van der Waals surface area contributed by atoms with Gasteiger partial charge in [0.15, 0.2) is 0 Å². The fourth-order valence-corrected chi connectivity index (χ4v) is 2.01. The molecule has 0 rings (SSSR count). The van der Waals surface area contributed by atoms with Gasteiger partial charge in [0.25, 0.3) is 0 Å². The Morgan fingerprint density at radius 2 is 1.47 bits per heavy atom. The van der Waals surface area contributed by atoms with Crippen molar-refractivity contribution in [3.05, 3.63) is 6.42 Å². The average molecular weight is 279 g/mol. The van der Waals surface area contributed by atoms with Gasteiger partial charge < -0.3 is 0 Å². The molecule has 0 fully saturated rings. The van der Waals surface area contributed by atoms with E-state index >= 15 is 0 Å². The van der Waals surface area contributed by atoms with Crippen LogP contribution in [0.2, 0.25) is 0 Å². The zero-order chi connectivity index (χ0) is 15.1. The molecule has 3 heteroatoms. The zero-order valence-corrected chi connectivity index (χ0v) is 13.1. The molecule has 0 amide bonds. The second-order valence-electron chi connectivity index (χ2n) is 6.39. The predicted molar refractivity (Wildman–Crippen MR) is 75.8 cm³/mol. The van der Waals surface area contributed by atoms with Crippen LogP contribution in [-0.4, -0.2) is 6.18 Å². The van der Waals surface area contributed by atoms with E-state index in [1.165, 1.54) is 0 Å². The molecule has 115 valence electrons.